The number of carbonyl (C=O) groups is 3. The van der Waals surface area contributed by atoms with Gasteiger partial charge in [0, 0.05) is 26.2 Å². The Labute approximate surface area is 160 Å². The molecule has 0 radical (unpaired) electrons. The van der Waals surface area contributed by atoms with E-state index in [1.54, 1.807) is 23.1 Å². The highest BCUT2D eigenvalue weighted by molar-refractivity contribution is 5.87. The van der Waals surface area contributed by atoms with Gasteiger partial charge in [0.2, 0.25) is 5.91 Å². The quantitative estimate of drug-likeness (QED) is 0.680. The van der Waals surface area contributed by atoms with E-state index in [1.807, 2.05) is 19.9 Å². The zero-order chi connectivity index (χ0) is 19.8. The molecular weight excluding hydrogens is 346 g/mol. The molecule has 1 aliphatic heterocycles. The Morgan fingerprint density at radius 3 is 2.74 bits per heavy atom. The smallest absolute Gasteiger partial charge is 0.335 e. The Kier molecular flexibility index (Phi) is 7.64. The number of carbonyl (C=O) groups excluding carboxylic acids is 2. The number of benzene rings is 1. The molecule has 2 rings (SSSR count). The summed E-state index contributed by atoms with van der Waals surface area (Å²) in [6, 6.07) is 6.61. The SMILES string of the molecule is CC(C)CNC(=O)N1CCCC(C(=O)NCCc2cccc(C(=O)O)c2)C1. The minimum Gasteiger partial charge on any atom is -0.478 e. The number of amides is 3. The third-order valence-corrected chi connectivity index (χ3v) is 4.63. The molecule has 1 aliphatic rings. The molecule has 1 fully saturated rings. The highest BCUT2D eigenvalue weighted by Crippen LogP contribution is 2.17. The Morgan fingerprint density at radius 1 is 1.26 bits per heavy atom. The second-order valence-corrected chi connectivity index (χ2v) is 7.41. The van der Waals surface area contributed by atoms with Crippen molar-refractivity contribution in [3.05, 3.63) is 35.4 Å². The molecule has 27 heavy (non-hydrogen) atoms. The van der Waals surface area contributed by atoms with Crippen LogP contribution < -0.4 is 10.6 Å². The van der Waals surface area contributed by atoms with Crippen LogP contribution in [-0.4, -0.2) is 54.1 Å². The molecule has 7 heteroatoms. The number of nitrogens with zero attached hydrogens (tertiary/aromatic N) is 1. The van der Waals surface area contributed by atoms with Crippen LogP contribution in [0.25, 0.3) is 0 Å². The van der Waals surface area contributed by atoms with Crippen molar-refractivity contribution in [2.24, 2.45) is 11.8 Å². The molecule has 1 heterocycles. The zero-order valence-electron chi connectivity index (χ0n) is 16.0. The molecule has 0 aliphatic carbocycles. The predicted molar refractivity (Wildman–Crippen MR) is 103 cm³/mol. The molecule has 1 aromatic rings. The van der Waals surface area contributed by atoms with Crippen molar-refractivity contribution in [1.82, 2.24) is 15.5 Å². The van der Waals surface area contributed by atoms with Crippen molar-refractivity contribution in [2.75, 3.05) is 26.2 Å². The van der Waals surface area contributed by atoms with Gasteiger partial charge in [-0.25, -0.2) is 9.59 Å². The van der Waals surface area contributed by atoms with Crippen LogP contribution >= 0.6 is 0 Å². The summed E-state index contributed by atoms with van der Waals surface area (Å²) < 4.78 is 0. The molecule has 1 unspecified atom stereocenters. The lowest BCUT2D eigenvalue weighted by Crippen LogP contribution is -2.49. The number of piperidine rings is 1. The molecule has 1 aromatic carbocycles. The third kappa shape index (κ3) is 6.58. The van der Waals surface area contributed by atoms with Crippen molar-refractivity contribution < 1.29 is 19.5 Å². The Balaban J connectivity index is 1.79. The average molecular weight is 375 g/mol. The van der Waals surface area contributed by atoms with Gasteiger partial charge in [0.05, 0.1) is 11.5 Å². The van der Waals surface area contributed by atoms with Gasteiger partial charge in [0.15, 0.2) is 0 Å². The molecule has 1 atom stereocenters. The first kappa shape index (κ1) is 20.7. The van der Waals surface area contributed by atoms with E-state index in [0.29, 0.717) is 38.5 Å². The number of carboxylic acid groups (broad SMARTS) is 1. The lowest BCUT2D eigenvalue weighted by Gasteiger charge is -2.32. The van der Waals surface area contributed by atoms with Crippen molar-refractivity contribution in [2.45, 2.75) is 33.1 Å². The maximum absolute atomic E-state index is 12.4. The number of urea groups is 1. The van der Waals surface area contributed by atoms with Gasteiger partial charge in [-0.1, -0.05) is 26.0 Å². The summed E-state index contributed by atoms with van der Waals surface area (Å²) in [5.41, 5.74) is 1.11. The molecule has 1 saturated heterocycles. The summed E-state index contributed by atoms with van der Waals surface area (Å²) in [5, 5.41) is 14.8. The van der Waals surface area contributed by atoms with Crippen LogP contribution in [0.2, 0.25) is 0 Å². The summed E-state index contributed by atoms with van der Waals surface area (Å²) in [6.45, 7) is 6.26. The molecule has 3 N–H and O–H groups in total. The molecular formula is C20H29N3O4. The fraction of sp³-hybridized carbons (Fsp3) is 0.550. The minimum absolute atomic E-state index is 0.0502. The van der Waals surface area contributed by atoms with Crippen LogP contribution in [0.15, 0.2) is 24.3 Å². The van der Waals surface area contributed by atoms with Crippen LogP contribution in [0.3, 0.4) is 0 Å². The molecule has 3 amide bonds. The third-order valence-electron chi connectivity index (χ3n) is 4.63. The number of hydrogen-bond donors (Lipinski definition) is 3. The molecule has 148 valence electrons. The van der Waals surface area contributed by atoms with Crippen molar-refractivity contribution >= 4 is 17.9 Å². The summed E-state index contributed by atoms with van der Waals surface area (Å²) in [6.07, 6.45) is 2.15. The van der Waals surface area contributed by atoms with E-state index in [-0.39, 0.29) is 23.4 Å². The van der Waals surface area contributed by atoms with Crippen molar-refractivity contribution in [3.8, 4) is 0 Å². The van der Waals surface area contributed by atoms with E-state index in [4.69, 9.17) is 5.11 Å². The Hall–Kier alpha value is -2.57. The van der Waals surface area contributed by atoms with Crippen LogP contribution in [-0.2, 0) is 11.2 Å². The first-order valence-electron chi connectivity index (χ1n) is 9.49. The van der Waals surface area contributed by atoms with E-state index in [0.717, 1.165) is 18.4 Å². The number of carboxylic acids is 1. The van der Waals surface area contributed by atoms with Gasteiger partial charge in [0.1, 0.15) is 0 Å². The van der Waals surface area contributed by atoms with Gasteiger partial charge >= 0.3 is 12.0 Å². The van der Waals surface area contributed by atoms with E-state index >= 15 is 0 Å². The fourth-order valence-electron chi connectivity index (χ4n) is 3.11. The van der Waals surface area contributed by atoms with Gasteiger partial charge < -0.3 is 20.6 Å². The summed E-state index contributed by atoms with van der Waals surface area (Å²) >= 11 is 0. The molecule has 0 bridgehead atoms. The molecule has 0 aromatic heterocycles. The van der Waals surface area contributed by atoms with Gasteiger partial charge in [-0.15, -0.1) is 0 Å². The lowest BCUT2D eigenvalue weighted by molar-refractivity contribution is -0.126. The highest BCUT2D eigenvalue weighted by atomic mass is 16.4. The topological polar surface area (TPSA) is 98.7 Å². The molecule has 0 spiro atoms. The number of hydrogen-bond acceptors (Lipinski definition) is 3. The second-order valence-electron chi connectivity index (χ2n) is 7.41. The highest BCUT2D eigenvalue weighted by Gasteiger charge is 2.28. The number of aromatic carboxylic acids is 1. The average Bonchev–Trinajstić information content (AvgIpc) is 2.66. The summed E-state index contributed by atoms with van der Waals surface area (Å²) in [5.74, 6) is -0.823. The Morgan fingerprint density at radius 2 is 2.04 bits per heavy atom. The molecule has 7 nitrogen and oxygen atoms in total. The second kappa shape index (κ2) is 9.94. The monoisotopic (exact) mass is 375 g/mol. The van der Waals surface area contributed by atoms with Crippen LogP contribution in [0, 0.1) is 11.8 Å². The largest absolute Gasteiger partial charge is 0.478 e. The maximum atomic E-state index is 12.4. The van der Waals surface area contributed by atoms with E-state index in [9.17, 15) is 14.4 Å². The predicted octanol–water partition coefficient (Wildman–Crippen LogP) is 2.12. The summed E-state index contributed by atoms with van der Waals surface area (Å²) in [7, 11) is 0. The van der Waals surface area contributed by atoms with Gasteiger partial charge in [-0.2, -0.15) is 0 Å². The molecule has 0 saturated carbocycles. The van der Waals surface area contributed by atoms with E-state index in [1.165, 1.54) is 0 Å². The van der Waals surface area contributed by atoms with Crippen molar-refractivity contribution in [1.29, 1.82) is 0 Å². The van der Waals surface area contributed by atoms with Gasteiger partial charge in [-0.3, -0.25) is 4.79 Å². The first-order valence-corrected chi connectivity index (χ1v) is 9.49. The summed E-state index contributed by atoms with van der Waals surface area (Å²) in [4.78, 5) is 37.3. The van der Waals surface area contributed by atoms with Crippen LogP contribution in [0.1, 0.15) is 42.6 Å². The van der Waals surface area contributed by atoms with E-state index in [2.05, 4.69) is 10.6 Å². The minimum atomic E-state index is -0.959. The number of nitrogens with one attached hydrogen (secondary N) is 2. The maximum Gasteiger partial charge on any atom is 0.335 e. The fourth-order valence-corrected chi connectivity index (χ4v) is 3.11. The first-order chi connectivity index (χ1) is 12.9. The standard InChI is InChI=1S/C20H29N3O4/c1-14(2)12-22-20(27)23-10-4-7-17(13-23)18(24)21-9-8-15-5-3-6-16(11-15)19(25)26/h3,5-6,11,14,17H,4,7-10,12-13H2,1-2H3,(H,21,24)(H,22,27)(H,25,26). The Bertz CT molecular complexity index is 675. The zero-order valence-corrected chi connectivity index (χ0v) is 16.0. The van der Waals surface area contributed by atoms with Crippen LogP contribution in [0.4, 0.5) is 4.79 Å². The van der Waals surface area contributed by atoms with Gasteiger partial charge in [-0.05, 0) is 42.9 Å². The van der Waals surface area contributed by atoms with Gasteiger partial charge in [0.25, 0.3) is 0 Å². The van der Waals surface area contributed by atoms with Crippen molar-refractivity contribution in [3.63, 3.8) is 0 Å². The normalized spacial score (nSPS) is 16.9. The lowest BCUT2D eigenvalue weighted by atomic mass is 9.97. The number of likely N-dealkylation sites (tertiary alicyclic amines) is 1. The number of rotatable bonds is 7. The van der Waals surface area contributed by atoms with Crippen LogP contribution in [0.5, 0.6) is 0 Å². The van der Waals surface area contributed by atoms with E-state index < -0.39 is 5.97 Å².